The van der Waals surface area contributed by atoms with Crippen molar-refractivity contribution in [3.05, 3.63) is 20.8 Å². The van der Waals surface area contributed by atoms with Gasteiger partial charge in [-0.25, -0.2) is 4.98 Å². The van der Waals surface area contributed by atoms with Crippen molar-refractivity contribution in [3.63, 3.8) is 0 Å². The molecule has 1 saturated heterocycles. The van der Waals surface area contributed by atoms with Gasteiger partial charge < -0.3 is 9.80 Å². The van der Waals surface area contributed by atoms with Crippen LogP contribution in [-0.4, -0.2) is 64.2 Å². The van der Waals surface area contributed by atoms with Crippen molar-refractivity contribution >= 4 is 39.2 Å². The first-order chi connectivity index (χ1) is 14.5. The monoisotopic (exact) mass is 448 g/mol. The molecule has 1 aliphatic heterocycles. The van der Waals surface area contributed by atoms with Crippen LogP contribution >= 0.6 is 23.1 Å². The molecule has 8 heteroatoms. The van der Waals surface area contributed by atoms with Crippen LogP contribution in [0.4, 0.5) is 0 Å². The van der Waals surface area contributed by atoms with Crippen molar-refractivity contribution in [1.82, 2.24) is 19.4 Å². The summed E-state index contributed by atoms with van der Waals surface area (Å²) in [6.07, 6.45) is 7.45. The van der Waals surface area contributed by atoms with E-state index >= 15 is 0 Å². The smallest absolute Gasteiger partial charge is 0.263 e. The number of likely N-dealkylation sites (tertiary alicyclic amines) is 1. The summed E-state index contributed by atoms with van der Waals surface area (Å²) in [5, 5.41) is 1.30. The molecule has 0 spiro atoms. The van der Waals surface area contributed by atoms with E-state index in [-0.39, 0.29) is 16.7 Å². The van der Waals surface area contributed by atoms with Gasteiger partial charge in [0.15, 0.2) is 5.16 Å². The Bertz CT molecular complexity index is 976. The fourth-order valence-electron chi connectivity index (χ4n) is 4.46. The first-order valence-electron chi connectivity index (χ1n) is 11.1. The summed E-state index contributed by atoms with van der Waals surface area (Å²) < 4.78 is 1.84. The topological polar surface area (TPSA) is 58.4 Å². The van der Waals surface area contributed by atoms with Crippen molar-refractivity contribution in [2.75, 3.05) is 33.7 Å². The molecule has 0 radical (unpaired) electrons. The van der Waals surface area contributed by atoms with Gasteiger partial charge >= 0.3 is 0 Å². The van der Waals surface area contributed by atoms with Crippen LogP contribution in [0.2, 0.25) is 0 Å². The molecule has 30 heavy (non-hydrogen) atoms. The maximum Gasteiger partial charge on any atom is 0.263 e. The molecule has 2 aromatic heterocycles. The predicted octanol–water partition coefficient (Wildman–Crippen LogP) is 3.39. The Balaban J connectivity index is 1.68. The Labute approximate surface area is 186 Å². The van der Waals surface area contributed by atoms with Gasteiger partial charge in [-0.1, -0.05) is 11.8 Å². The van der Waals surface area contributed by atoms with E-state index in [4.69, 9.17) is 4.98 Å². The summed E-state index contributed by atoms with van der Waals surface area (Å²) in [6.45, 7) is 5.20. The second kappa shape index (κ2) is 9.40. The van der Waals surface area contributed by atoms with Crippen molar-refractivity contribution in [2.24, 2.45) is 0 Å². The minimum absolute atomic E-state index is 0.0847. The summed E-state index contributed by atoms with van der Waals surface area (Å²) in [5.41, 5.74) is 1.32. The minimum Gasteiger partial charge on any atom is -0.342 e. The Morgan fingerprint density at radius 3 is 2.67 bits per heavy atom. The Morgan fingerprint density at radius 1 is 1.20 bits per heavy atom. The third kappa shape index (κ3) is 4.46. The van der Waals surface area contributed by atoms with Gasteiger partial charge in [-0.15, -0.1) is 11.3 Å². The zero-order valence-electron chi connectivity index (χ0n) is 18.3. The SMILES string of the molecule is CC(Sc1nc2sc3c(c2c(=O)n1CCCN(C)C)CCCC3)C(=O)N1CCCC1. The quantitative estimate of drug-likeness (QED) is 0.480. The van der Waals surface area contributed by atoms with Crippen LogP contribution in [0, 0.1) is 0 Å². The maximum absolute atomic E-state index is 13.6. The summed E-state index contributed by atoms with van der Waals surface area (Å²) in [7, 11) is 4.10. The lowest BCUT2D eigenvalue weighted by Gasteiger charge is -2.21. The van der Waals surface area contributed by atoms with Gasteiger partial charge in [0.1, 0.15) is 4.83 Å². The van der Waals surface area contributed by atoms with E-state index in [2.05, 4.69) is 4.90 Å². The van der Waals surface area contributed by atoms with Crippen molar-refractivity contribution in [3.8, 4) is 0 Å². The summed E-state index contributed by atoms with van der Waals surface area (Å²) >= 11 is 3.14. The van der Waals surface area contributed by atoms with Gasteiger partial charge in [0.2, 0.25) is 5.91 Å². The van der Waals surface area contributed by atoms with Crippen molar-refractivity contribution in [2.45, 2.75) is 68.8 Å². The number of hydrogen-bond acceptors (Lipinski definition) is 6. The van der Waals surface area contributed by atoms with E-state index in [1.807, 2.05) is 30.5 Å². The van der Waals surface area contributed by atoms with E-state index in [1.165, 1.54) is 28.6 Å². The zero-order valence-corrected chi connectivity index (χ0v) is 19.9. The maximum atomic E-state index is 13.6. The highest BCUT2D eigenvalue weighted by atomic mass is 32.2. The lowest BCUT2D eigenvalue weighted by molar-refractivity contribution is -0.129. The average molecular weight is 449 g/mol. The molecule has 2 aromatic rings. The van der Waals surface area contributed by atoms with Crippen LogP contribution in [-0.2, 0) is 24.2 Å². The number of thiophene rings is 1. The molecule has 2 aliphatic rings. The fourth-order valence-corrected chi connectivity index (χ4v) is 6.78. The van der Waals surface area contributed by atoms with E-state index in [0.29, 0.717) is 11.7 Å². The van der Waals surface area contributed by atoms with Crippen LogP contribution in [0.3, 0.4) is 0 Å². The second-order valence-electron chi connectivity index (χ2n) is 8.69. The molecular formula is C22H32N4O2S2. The van der Waals surface area contributed by atoms with Crippen LogP contribution in [0.5, 0.6) is 0 Å². The molecule has 3 heterocycles. The van der Waals surface area contributed by atoms with Crippen LogP contribution in [0.15, 0.2) is 9.95 Å². The molecule has 0 aromatic carbocycles. The molecule has 6 nitrogen and oxygen atoms in total. The number of carbonyl (C=O) groups is 1. The lowest BCUT2D eigenvalue weighted by atomic mass is 9.97. The molecule has 1 amide bonds. The average Bonchev–Trinajstić information content (AvgIpc) is 3.37. The predicted molar refractivity (Wildman–Crippen MR) is 125 cm³/mol. The number of amides is 1. The third-order valence-corrected chi connectivity index (χ3v) is 8.34. The number of thioether (sulfide) groups is 1. The van der Waals surface area contributed by atoms with E-state index in [9.17, 15) is 9.59 Å². The van der Waals surface area contributed by atoms with Crippen LogP contribution in [0.25, 0.3) is 10.2 Å². The molecule has 1 aliphatic carbocycles. The number of rotatable bonds is 7. The minimum atomic E-state index is -0.234. The Hall–Kier alpha value is -1.38. The Morgan fingerprint density at radius 2 is 1.93 bits per heavy atom. The number of aromatic nitrogens is 2. The third-order valence-electron chi connectivity index (χ3n) is 6.07. The summed E-state index contributed by atoms with van der Waals surface area (Å²) in [4.78, 5) is 37.7. The molecule has 1 atom stereocenters. The van der Waals surface area contributed by atoms with Gasteiger partial charge in [-0.3, -0.25) is 14.2 Å². The number of fused-ring (bicyclic) bond motifs is 3. The molecule has 0 saturated carbocycles. The molecule has 0 N–H and O–H groups in total. The van der Waals surface area contributed by atoms with Gasteiger partial charge in [-0.05, 0) is 78.1 Å². The number of aryl methyl sites for hydroxylation is 2. The highest BCUT2D eigenvalue weighted by Gasteiger charge is 2.27. The highest BCUT2D eigenvalue weighted by Crippen LogP contribution is 2.35. The number of nitrogens with zero attached hydrogens (tertiary/aromatic N) is 4. The van der Waals surface area contributed by atoms with Gasteiger partial charge in [0.25, 0.3) is 5.56 Å². The molecule has 1 unspecified atom stereocenters. The van der Waals surface area contributed by atoms with Crippen molar-refractivity contribution < 1.29 is 4.79 Å². The lowest BCUT2D eigenvalue weighted by Crippen LogP contribution is -2.34. The van der Waals surface area contributed by atoms with Crippen LogP contribution < -0.4 is 5.56 Å². The van der Waals surface area contributed by atoms with Gasteiger partial charge in [-0.2, -0.15) is 0 Å². The highest BCUT2D eigenvalue weighted by molar-refractivity contribution is 8.00. The standard InChI is InChI=1S/C22H32N4O2S2/c1-15(20(27)25-12-6-7-13-25)29-22-23-19-18(16-9-4-5-10-17(16)30-19)21(28)26(22)14-8-11-24(2)3/h15H,4-14H2,1-3H3. The van der Waals surface area contributed by atoms with E-state index < -0.39 is 0 Å². The largest absolute Gasteiger partial charge is 0.342 e. The van der Waals surface area contributed by atoms with E-state index in [1.54, 1.807) is 11.3 Å². The number of hydrogen-bond donors (Lipinski definition) is 0. The van der Waals surface area contributed by atoms with Crippen molar-refractivity contribution in [1.29, 1.82) is 0 Å². The first-order valence-corrected chi connectivity index (χ1v) is 12.8. The molecular weight excluding hydrogens is 416 g/mol. The molecule has 1 fully saturated rings. The van der Waals surface area contributed by atoms with Crippen LogP contribution in [0.1, 0.15) is 49.5 Å². The normalized spacial score (nSPS) is 17.7. The summed E-state index contributed by atoms with van der Waals surface area (Å²) in [6, 6.07) is 0. The van der Waals surface area contributed by atoms with E-state index in [0.717, 1.165) is 68.4 Å². The molecule has 164 valence electrons. The van der Waals surface area contributed by atoms with Gasteiger partial charge in [0, 0.05) is 24.5 Å². The molecule has 4 rings (SSSR count). The fraction of sp³-hybridized carbons (Fsp3) is 0.682. The first kappa shape index (κ1) is 21.8. The molecule has 0 bridgehead atoms. The second-order valence-corrected chi connectivity index (χ2v) is 11.1. The Kier molecular flexibility index (Phi) is 6.85. The zero-order chi connectivity index (χ0) is 21.3. The number of carbonyl (C=O) groups excluding carboxylic acids is 1. The van der Waals surface area contributed by atoms with Gasteiger partial charge in [0.05, 0.1) is 10.6 Å². The summed E-state index contributed by atoms with van der Waals surface area (Å²) in [5.74, 6) is 0.164.